The van der Waals surface area contributed by atoms with Gasteiger partial charge in [0.05, 0.1) is 30.0 Å². The minimum atomic E-state index is -0.673. The average molecular weight is 607 g/mol. The van der Waals surface area contributed by atoms with Gasteiger partial charge in [0.1, 0.15) is 11.5 Å². The molecule has 14 heteroatoms. The first-order chi connectivity index (χ1) is 21.1. The van der Waals surface area contributed by atoms with Crippen LogP contribution in [0.3, 0.4) is 0 Å². The highest BCUT2D eigenvalue weighted by Crippen LogP contribution is 2.33. The van der Waals surface area contributed by atoms with Crippen LogP contribution in [-0.2, 0) is 24.3 Å². The van der Waals surface area contributed by atoms with Crippen molar-refractivity contribution in [2.45, 2.75) is 65.1 Å². The Labute approximate surface area is 250 Å². The zero-order chi connectivity index (χ0) is 31.1. The number of pyridine rings is 2. The summed E-state index contributed by atoms with van der Waals surface area (Å²) in [5, 5.41) is 20.5. The van der Waals surface area contributed by atoms with Crippen LogP contribution in [0.4, 0.5) is 8.78 Å². The number of rotatable bonds is 7. The Balaban J connectivity index is 1.14. The van der Waals surface area contributed by atoms with Crippen molar-refractivity contribution in [3.05, 3.63) is 63.5 Å². The minimum absolute atomic E-state index is 0.0157. The van der Waals surface area contributed by atoms with Crippen molar-refractivity contribution in [1.82, 2.24) is 39.9 Å². The highest BCUT2D eigenvalue weighted by Gasteiger charge is 2.32. The number of nitrogens with one attached hydrogen (secondary N) is 2. The van der Waals surface area contributed by atoms with E-state index in [0.717, 1.165) is 25.2 Å². The quantitative estimate of drug-likeness (QED) is 0.290. The van der Waals surface area contributed by atoms with E-state index in [2.05, 4.69) is 30.5 Å². The summed E-state index contributed by atoms with van der Waals surface area (Å²) >= 11 is 0. The van der Waals surface area contributed by atoms with Gasteiger partial charge >= 0.3 is 0 Å². The Kier molecular flexibility index (Phi) is 7.82. The maximum Gasteiger partial charge on any atom is 0.274 e. The Morgan fingerprint density at radius 1 is 1.16 bits per heavy atom. The van der Waals surface area contributed by atoms with E-state index < -0.39 is 28.7 Å². The van der Waals surface area contributed by atoms with Crippen LogP contribution < -0.4 is 10.7 Å². The second-order valence-electron chi connectivity index (χ2n) is 11.7. The molecule has 230 valence electrons. The highest BCUT2D eigenvalue weighted by molar-refractivity contribution is 5.96. The number of nitrogens with zero attached hydrogens (tertiary/aromatic N) is 6. The van der Waals surface area contributed by atoms with Crippen LogP contribution in [-0.4, -0.2) is 64.1 Å². The molecule has 0 bridgehead atoms. The van der Waals surface area contributed by atoms with Crippen molar-refractivity contribution in [2.24, 2.45) is 11.8 Å². The van der Waals surface area contributed by atoms with Gasteiger partial charge in [-0.25, -0.2) is 23.7 Å². The summed E-state index contributed by atoms with van der Waals surface area (Å²) in [4.78, 5) is 52.8. The molecule has 1 fully saturated rings. The molecule has 3 N–H and O–H groups in total. The van der Waals surface area contributed by atoms with Crippen LogP contribution in [0.1, 0.15) is 61.4 Å². The molecular formula is C30H32F2N8O4. The minimum Gasteiger partial charge on any atom is -0.503 e. The molecular weight excluding hydrogens is 574 g/mol. The fourth-order valence-electron chi connectivity index (χ4n) is 6.26. The fourth-order valence-corrected chi connectivity index (χ4v) is 6.26. The number of amides is 2. The molecule has 2 aliphatic rings. The van der Waals surface area contributed by atoms with Crippen molar-refractivity contribution in [2.75, 3.05) is 6.54 Å². The number of aromatic hydroxyl groups is 1. The van der Waals surface area contributed by atoms with Crippen LogP contribution in [0.5, 0.6) is 5.75 Å². The number of carbonyl (C=O) groups is 2. The third-order valence-corrected chi connectivity index (χ3v) is 8.52. The zero-order valence-electron chi connectivity index (χ0n) is 24.3. The molecule has 4 aromatic heterocycles. The van der Waals surface area contributed by atoms with Crippen molar-refractivity contribution < 1.29 is 23.5 Å². The molecule has 1 aliphatic carbocycles. The Morgan fingerprint density at radius 3 is 2.77 bits per heavy atom. The van der Waals surface area contributed by atoms with Crippen LogP contribution in [0.15, 0.2) is 29.3 Å². The molecule has 0 unspecified atom stereocenters. The first kappa shape index (κ1) is 29.3. The maximum absolute atomic E-state index is 14.8. The van der Waals surface area contributed by atoms with Gasteiger partial charge in [-0.05, 0) is 45.1 Å². The van der Waals surface area contributed by atoms with E-state index >= 15 is 0 Å². The first-order valence-electron chi connectivity index (χ1n) is 14.7. The molecule has 0 spiro atoms. The van der Waals surface area contributed by atoms with Crippen LogP contribution in [0, 0.1) is 23.5 Å². The number of H-pyrrole nitrogens is 1. The van der Waals surface area contributed by atoms with E-state index in [-0.39, 0.29) is 47.5 Å². The predicted octanol–water partition coefficient (Wildman–Crippen LogP) is 3.09. The summed E-state index contributed by atoms with van der Waals surface area (Å²) in [7, 11) is 0. The summed E-state index contributed by atoms with van der Waals surface area (Å²) in [5.74, 6) is -2.49. The van der Waals surface area contributed by atoms with Gasteiger partial charge in [0.2, 0.25) is 11.3 Å². The van der Waals surface area contributed by atoms with Gasteiger partial charge in [-0.3, -0.25) is 19.5 Å². The molecule has 1 aliphatic heterocycles. The molecule has 2 atom stereocenters. The number of aromatic nitrogens is 6. The Hall–Kier alpha value is -4.75. The predicted molar refractivity (Wildman–Crippen MR) is 154 cm³/mol. The van der Waals surface area contributed by atoms with Gasteiger partial charge in [-0.1, -0.05) is 12.8 Å². The van der Waals surface area contributed by atoms with Crippen LogP contribution in [0.25, 0.3) is 22.6 Å². The average Bonchev–Trinajstić information content (AvgIpc) is 3.42. The van der Waals surface area contributed by atoms with Crippen LogP contribution >= 0.6 is 0 Å². The SMILES string of the molecule is CC(C)N1CCn2c(CNC(=O)[C@H]3CCC[C@@H](Cc4nc(-c5[nH]nc6ncc(F)cc56)ncc4F)C3)cc(=O)c(O)c2C1=O. The lowest BCUT2D eigenvalue weighted by atomic mass is 9.79. The lowest BCUT2D eigenvalue weighted by molar-refractivity contribution is -0.126. The van der Waals surface area contributed by atoms with Gasteiger partial charge in [-0.2, -0.15) is 5.10 Å². The van der Waals surface area contributed by atoms with E-state index in [1.807, 2.05) is 13.8 Å². The number of hydrogen-bond donors (Lipinski definition) is 3. The summed E-state index contributed by atoms with van der Waals surface area (Å²) in [6.45, 7) is 4.56. The number of fused-ring (bicyclic) bond motifs is 2. The summed E-state index contributed by atoms with van der Waals surface area (Å²) in [6.07, 6.45) is 5.16. The second-order valence-corrected chi connectivity index (χ2v) is 11.7. The molecule has 0 saturated heterocycles. The monoisotopic (exact) mass is 606 g/mol. The lowest BCUT2D eigenvalue weighted by Gasteiger charge is -2.34. The molecule has 0 aromatic carbocycles. The first-order valence-corrected chi connectivity index (χ1v) is 14.7. The molecule has 4 aromatic rings. The van der Waals surface area contributed by atoms with Gasteiger partial charge in [-0.15, -0.1) is 0 Å². The largest absolute Gasteiger partial charge is 0.503 e. The lowest BCUT2D eigenvalue weighted by Crippen LogP contribution is -2.46. The molecule has 5 heterocycles. The number of aromatic amines is 1. The van der Waals surface area contributed by atoms with Crippen LogP contribution in [0.2, 0.25) is 0 Å². The van der Waals surface area contributed by atoms with Crippen molar-refractivity contribution in [3.63, 3.8) is 0 Å². The van der Waals surface area contributed by atoms with E-state index in [4.69, 9.17) is 0 Å². The third-order valence-electron chi connectivity index (χ3n) is 8.52. The van der Waals surface area contributed by atoms with Gasteiger partial charge in [0, 0.05) is 36.8 Å². The van der Waals surface area contributed by atoms with Gasteiger partial charge in [0.25, 0.3) is 5.91 Å². The fraction of sp³-hybridized carbons (Fsp3) is 0.433. The van der Waals surface area contributed by atoms with Crippen molar-refractivity contribution in [3.8, 4) is 17.3 Å². The highest BCUT2D eigenvalue weighted by atomic mass is 19.1. The molecule has 6 rings (SSSR count). The molecule has 2 amide bonds. The van der Waals surface area contributed by atoms with E-state index in [1.54, 1.807) is 9.47 Å². The standard InChI is InChI=1S/C30H32F2N8O4/c1-15(2)39-6-7-40-19(11-23(41)26(42)25(40)30(39)44)13-35-29(43)17-5-3-4-16(8-17)9-22-21(32)14-34-28(36-22)24-20-10-18(31)12-33-27(20)38-37-24/h10-12,14-17,42H,3-9,13H2,1-2H3,(H,35,43)(H,33,37,38)/t16-,17+/m1/s1. The summed E-state index contributed by atoms with van der Waals surface area (Å²) in [6, 6.07) is 2.42. The molecule has 1 saturated carbocycles. The van der Waals surface area contributed by atoms with Crippen molar-refractivity contribution in [1.29, 1.82) is 0 Å². The summed E-state index contributed by atoms with van der Waals surface area (Å²) < 4.78 is 30.2. The maximum atomic E-state index is 14.8. The molecule has 44 heavy (non-hydrogen) atoms. The number of carbonyl (C=O) groups excluding carboxylic acids is 2. The van der Waals surface area contributed by atoms with E-state index in [1.165, 1.54) is 12.1 Å². The number of hydrogen-bond acceptors (Lipinski definition) is 8. The Bertz CT molecular complexity index is 1820. The zero-order valence-corrected chi connectivity index (χ0v) is 24.3. The Morgan fingerprint density at radius 2 is 1.98 bits per heavy atom. The topological polar surface area (TPSA) is 159 Å². The van der Waals surface area contributed by atoms with Crippen molar-refractivity contribution >= 4 is 22.8 Å². The number of halogens is 2. The molecule has 12 nitrogen and oxygen atoms in total. The van der Waals surface area contributed by atoms with Gasteiger partial charge < -0.3 is 19.9 Å². The summed E-state index contributed by atoms with van der Waals surface area (Å²) in [5.41, 5.74) is 0.533. The second kappa shape index (κ2) is 11.7. The van der Waals surface area contributed by atoms with Gasteiger partial charge in [0.15, 0.2) is 28.7 Å². The molecule has 0 radical (unpaired) electrons. The normalized spacial score (nSPS) is 18.6. The van der Waals surface area contributed by atoms with E-state index in [9.17, 15) is 28.3 Å². The van der Waals surface area contributed by atoms with E-state index in [0.29, 0.717) is 54.8 Å². The third kappa shape index (κ3) is 5.51. The smallest absolute Gasteiger partial charge is 0.274 e.